The van der Waals surface area contributed by atoms with Crippen molar-refractivity contribution in [3.8, 4) is 0 Å². The SMILES string of the molecule is CNC(=O)c1cc([N+](=O)[O-])ccc1N1CCc2c(Br)cccc2C1. The van der Waals surface area contributed by atoms with Gasteiger partial charge in [-0.1, -0.05) is 28.1 Å². The highest BCUT2D eigenvalue weighted by molar-refractivity contribution is 9.10. The first kappa shape index (κ1) is 16.4. The predicted molar refractivity (Wildman–Crippen MR) is 95.4 cm³/mol. The van der Waals surface area contributed by atoms with Crippen LogP contribution in [-0.4, -0.2) is 24.4 Å². The molecule has 0 aliphatic carbocycles. The molecule has 1 aliphatic heterocycles. The Kier molecular flexibility index (Phi) is 4.53. The molecule has 1 amide bonds. The molecule has 124 valence electrons. The number of nitrogens with one attached hydrogen (secondary N) is 1. The standard InChI is InChI=1S/C17H16BrN3O3/c1-19-17(22)14-9-12(21(23)24)5-6-16(14)20-8-7-13-11(10-20)3-2-4-15(13)18/h2-6,9H,7-8,10H2,1H3,(H,19,22). The Labute approximate surface area is 147 Å². The van der Waals surface area contributed by atoms with Crippen molar-refractivity contribution in [2.75, 3.05) is 18.5 Å². The minimum absolute atomic E-state index is 0.0856. The third-order valence-electron chi connectivity index (χ3n) is 4.21. The van der Waals surface area contributed by atoms with Crippen LogP contribution in [0.4, 0.5) is 11.4 Å². The maximum atomic E-state index is 12.2. The van der Waals surface area contributed by atoms with Gasteiger partial charge < -0.3 is 10.2 Å². The molecular weight excluding hydrogens is 374 g/mol. The predicted octanol–water partition coefficient (Wildman–Crippen LogP) is 3.28. The first-order valence-corrected chi connectivity index (χ1v) is 8.32. The fourth-order valence-electron chi connectivity index (χ4n) is 3.00. The average Bonchev–Trinajstić information content (AvgIpc) is 2.60. The maximum absolute atomic E-state index is 12.2. The van der Waals surface area contributed by atoms with Gasteiger partial charge in [-0.05, 0) is 29.7 Å². The van der Waals surface area contributed by atoms with E-state index in [9.17, 15) is 14.9 Å². The van der Waals surface area contributed by atoms with E-state index in [0.717, 1.165) is 17.4 Å². The minimum atomic E-state index is -0.487. The van der Waals surface area contributed by atoms with Crippen molar-refractivity contribution >= 4 is 33.2 Å². The summed E-state index contributed by atoms with van der Waals surface area (Å²) in [5.74, 6) is -0.325. The van der Waals surface area contributed by atoms with E-state index in [2.05, 4.69) is 32.2 Å². The first-order chi connectivity index (χ1) is 11.5. The third-order valence-corrected chi connectivity index (χ3v) is 4.96. The van der Waals surface area contributed by atoms with Crippen LogP contribution in [0.2, 0.25) is 0 Å². The van der Waals surface area contributed by atoms with Crippen LogP contribution in [0.1, 0.15) is 21.5 Å². The Hall–Kier alpha value is -2.41. The molecule has 0 atom stereocenters. The lowest BCUT2D eigenvalue weighted by Crippen LogP contribution is -2.32. The van der Waals surface area contributed by atoms with Gasteiger partial charge in [-0.15, -0.1) is 0 Å². The second-order valence-corrected chi connectivity index (χ2v) is 6.44. The number of hydrogen-bond acceptors (Lipinski definition) is 4. The zero-order valence-corrected chi connectivity index (χ0v) is 14.7. The van der Waals surface area contributed by atoms with Crippen molar-refractivity contribution in [2.24, 2.45) is 0 Å². The molecule has 0 saturated carbocycles. The number of benzene rings is 2. The molecular formula is C17H16BrN3O3. The molecule has 2 aromatic rings. The number of carbonyl (C=O) groups excluding carboxylic acids is 1. The molecule has 24 heavy (non-hydrogen) atoms. The van der Waals surface area contributed by atoms with Gasteiger partial charge in [0.2, 0.25) is 0 Å². The summed E-state index contributed by atoms with van der Waals surface area (Å²) in [6.07, 6.45) is 0.848. The maximum Gasteiger partial charge on any atom is 0.270 e. The summed E-state index contributed by atoms with van der Waals surface area (Å²) >= 11 is 3.57. The van der Waals surface area contributed by atoms with Gasteiger partial charge in [0.25, 0.3) is 11.6 Å². The van der Waals surface area contributed by atoms with Crippen LogP contribution in [-0.2, 0) is 13.0 Å². The highest BCUT2D eigenvalue weighted by atomic mass is 79.9. The van der Waals surface area contributed by atoms with Crippen LogP contribution in [0.25, 0.3) is 0 Å². The van der Waals surface area contributed by atoms with E-state index in [-0.39, 0.29) is 11.6 Å². The minimum Gasteiger partial charge on any atom is -0.366 e. The number of hydrogen-bond donors (Lipinski definition) is 1. The zero-order chi connectivity index (χ0) is 17.3. The van der Waals surface area contributed by atoms with Crippen LogP contribution in [0.5, 0.6) is 0 Å². The van der Waals surface area contributed by atoms with Crippen LogP contribution >= 0.6 is 15.9 Å². The number of carbonyl (C=O) groups is 1. The van der Waals surface area contributed by atoms with Crippen molar-refractivity contribution in [3.05, 3.63) is 67.7 Å². The van der Waals surface area contributed by atoms with Crippen molar-refractivity contribution in [3.63, 3.8) is 0 Å². The number of fused-ring (bicyclic) bond motifs is 1. The van der Waals surface area contributed by atoms with Crippen LogP contribution in [0.3, 0.4) is 0 Å². The normalized spacial score (nSPS) is 13.3. The van der Waals surface area contributed by atoms with Gasteiger partial charge in [-0.2, -0.15) is 0 Å². The smallest absolute Gasteiger partial charge is 0.270 e. The van der Waals surface area contributed by atoms with Crippen LogP contribution < -0.4 is 10.2 Å². The van der Waals surface area contributed by atoms with Crippen molar-refractivity contribution in [1.29, 1.82) is 0 Å². The van der Waals surface area contributed by atoms with E-state index in [4.69, 9.17) is 0 Å². The Morgan fingerprint density at radius 2 is 2.12 bits per heavy atom. The molecule has 2 aromatic carbocycles. The van der Waals surface area contributed by atoms with E-state index in [1.54, 1.807) is 6.07 Å². The summed E-state index contributed by atoms with van der Waals surface area (Å²) < 4.78 is 1.09. The summed E-state index contributed by atoms with van der Waals surface area (Å²) in [5, 5.41) is 13.6. The molecule has 0 fully saturated rings. The van der Waals surface area contributed by atoms with Gasteiger partial charge in [-0.3, -0.25) is 14.9 Å². The molecule has 0 spiro atoms. The first-order valence-electron chi connectivity index (χ1n) is 7.53. The molecule has 0 bridgehead atoms. The molecule has 3 rings (SSSR count). The van der Waals surface area contributed by atoms with Gasteiger partial charge in [-0.25, -0.2) is 0 Å². The quantitative estimate of drug-likeness (QED) is 0.645. The van der Waals surface area contributed by atoms with Gasteiger partial charge in [0.1, 0.15) is 0 Å². The largest absolute Gasteiger partial charge is 0.366 e. The molecule has 0 unspecified atom stereocenters. The van der Waals surface area contributed by atoms with Gasteiger partial charge >= 0.3 is 0 Å². The number of nitrogens with zero attached hydrogens (tertiary/aromatic N) is 2. The molecule has 6 nitrogen and oxygen atoms in total. The Balaban J connectivity index is 2.00. The number of halogens is 1. The summed E-state index contributed by atoms with van der Waals surface area (Å²) in [5.41, 5.74) is 3.42. The number of rotatable bonds is 3. The Bertz CT molecular complexity index is 823. The molecule has 1 heterocycles. The Morgan fingerprint density at radius 1 is 1.33 bits per heavy atom. The number of non-ortho nitro benzene ring substituents is 1. The van der Waals surface area contributed by atoms with Crippen molar-refractivity contribution in [1.82, 2.24) is 5.32 Å². The number of anilines is 1. The molecule has 0 radical (unpaired) electrons. The summed E-state index contributed by atoms with van der Waals surface area (Å²) in [4.78, 5) is 24.8. The van der Waals surface area contributed by atoms with Crippen LogP contribution in [0.15, 0.2) is 40.9 Å². The second kappa shape index (κ2) is 6.60. The lowest BCUT2D eigenvalue weighted by molar-refractivity contribution is -0.384. The van der Waals surface area contributed by atoms with E-state index in [1.807, 2.05) is 12.1 Å². The second-order valence-electron chi connectivity index (χ2n) is 5.59. The highest BCUT2D eigenvalue weighted by Gasteiger charge is 2.24. The molecule has 0 aromatic heterocycles. The van der Waals surface area contributed by atoms with Crippen molar-refractivity contribution < 1.29 is 9.72 Å². The van der Waals surface area contributed by atoms with E-state index in [1.165, 1.54) is 30.3 Å². The average molecular weight is 390 g/mol. The zero-order valence-electron chi connectivity index (χ0n) is 13.1. The van der Waals surface area contributed by atoms with E-state index >= 15 is 0 Å². The molecule has 1 aliphatic rings. The Morgan fingerprint density at radius 3 is 2.83 bits per heavy atom. The van der Waals surface area contributed by atoms with E-state index in [0.29, 0.717) is 17.8 Å². The number of amides is 1. The van der Waals surface area contributed by atoms with E-state index < -0.39 is 4.92 Å². The fourth-order valence-corrected chi connectivity index (χ4v) is 3.60. The van der Waals surface area contributed by atoms with Gasteiger partial charge in [0.15, 0.2) is 0 Å². The molecule has 0 saturated heterocycles. The fraction of sp³-hybridized carbons (Fsp3) is 0.235. The van der Waals surface area contributed by atoms with Gasteiger partial charge in [0.05, 0.1) is 16.2 Å². The summed E-state index contributed by atoms with van der Waals surface area (Å²) in [6, 6.07) is 10.5. The lowest BCUT2D eigenvalue weighted by atomic mass is 9.98. The van der Waals surface area contributed by atoms with Gasteiger partial charge in [0, 0.05) is 36.7 Å². The van der Waals surface area contributed by atoms with Crippen molar-refractivity contribution in [2.45, 2.75) is 13.0 Å². The number of nitro groups is 1. The number of nitro benzene ring substituents is 1. The summed E-state index contributed by atoms with van der Waals surface area (Å²) in [7, 11) is 1.52. The van der Waals surface area contributed by atoms with Crippen LogP contribution in [0, 0.1) is 10.1 Å². The summed E-state index contributed by atoms with van der Waals surface area (Å²) in [6.45, 7) is 1.41. The molecule has 1 N–H and O–H groups in total. The third kappa shape index (κ3) is 2.99. The molecule has 7 heteroatoms. The monoisotopic (exact) mass is 389 g/mol. The lowest BCUT2D eigenvalue weighted by Gasteiger charge is -2.32. The topological polar surface area (TPSA) is 75.5 Å². The highest BCUT2D eigenvalue weighted by Crippen LogP contribution is 2.32.